The van der Waals surface area contributed by atoms with E-state index in [0.29, 0.717) is 11.5 Å². The molecule has 186 valence electrons. The Kier molecular flexibility index (Phi) is 8.32. The van der Waals surface area contributed by atoms with Crippen LogP contribution in [0.25, 0.3) is 22.3 Å². The van der Waals surface area contributed by atoms with Crippen molar-refractivity contribution >= 4 is 8.80 Å². The first-order valence-corrected chi connectivity index (χ1v) is 15.0. The lowest BCUT2D eigenvalue weighted by Crippen LogP contribution is -2.20. The summed E-state index contributed by atoms with van der Waals surface area (Å²) >= 11 is 0. The Balaban J connectivity index is 1.58. The highest BCUT2D eigenvalue weighted by atomic mass is 28.3. The molecule has 0 atom stereocenters. The van der Waals surface area contributed by atoms with Crippen LogP contribution in [0.5, 0.6) is 5.75 Å². The first kappa shape index (κ1) is 25.5. The topological polar surface area (TPSA) is 9.23 Å². The average molecular weight is 501 g/mol. The Bertz CT molecular complexity index is 1120. The fourth-order valence-corrected chi connectivity index (χ4v) is 8.80. The van der Waals surface area contributed by atoms with Gasteiger partial charge in [-0.05, 0) is 47.1 Å². The lowest BCUT2D eigenvalue weighted by Gasteiger charge is -2.28. The summed E-state index contributed by atoms with van der Waals surface area (Å²) in [6, 6.07) is 23.8. The van der Waals surface area contributed by atoms with Crippen LogP contribution in [0.3, 0.4) is 0 Å². The summed E-state index contributed by atoms with van der Waals surface area (Å²) in [6.07, 6.45) is 1.53. The SMILES string of the molecule is CCCCC[Si@H]1CC[C@H](c2cccc(-c3ccccc3-c3cccc(OC(F)(F)F)c3F)c2)CC1. The minimum atomic E-state index is -4.95. The molecule has 1 saturated heterocycles. The minimum absolute atomic E-state index is 0.0892. The summed E-state index contributed by atoms with van der Waals surface area (Å²) in [7, 11) is -0.601. The third-order valence-corrected chi connectivity index (χ3v) is 10.7. The van der Waals surface area contributed by atoms with Gasteiger partial charge in [-0.15, -0.1) is 13.2 Å². The summed E-state index contributed by atoms with van der Waals surface area (Å²) in [5.74, 6) is -1.30. The van der Waals surface area contributed by atoms with Crippen LogP contribution >= 0.6 is 0 Å². The monoisotopic (exact) mass is 500 g/mol. The maximum Gasteiger partial charge on any atom is 0.573 e. The summed E-state index contributed by atoms with van der Waals surface area (Å²) in [5, 5.41) is 0. The van der Waals surface area contributed by atoms with Crippen LogP contribution in [0.15, 0.2) is 66.7 Å². The van der Waals surface area contributed by atoms with Gasteiger partial charge < -0.3 is 4.74 Å². The number of halogens is 4. The Morgan fingerprint density at radius 3 is 2.26 bits per heavy atom. The van der Waals surface area contributed by atoms with Crippen molar-refractivity contribution in [2.45, 2.75) is 69.4 Å². The van der Waals surface area contributed by atoms with Crippen LogP contribution in [-0.2, 0) is 0 Å². The molecule has 0 unspecified atom stereocenters. The number of unbranched alkanes of at least 4 members (excludes halogenated alkanes) is 2. The van der Waals surface area contributed by atoms with Gasteiger partial charge in [0.05, 0.1) is 0 Å². The first-order chi connectivity index (χ1) is 16.9. The zero-order valence-corrected chi connectivity index (χ0v) is 21.2. The molecule has 0 radical (unpaired) electrons. The Morgan fingerprint density at radius 2 is 1.54 bits per heavy atom. The summed E-state index contributed by atoms with van der Waals surface area (Å²) in [4.78, 5) is 0. The van der Waals surface area contributed by atoms with Gasteiger partial charge in [0.1, 0.15) is 0 Å². The van der Waals surface area contributed by atoms with Crippen LogP contribution in [0.4, 0.5) is 17.6 Å². The quantitative estimate of drug-likeness (QED) is 0.170. The van der Waals surface area contributed by atoms with E-state index in [1.807, 2.05) is 24.3 Å². The van der Waals surface area contributed by atoms with Crippen LogP contribution in [-0.4, -0.2) is 15.2 Å². The molecule has 0 bridgehead atoms. The van der Waals surface area contributed by atoms with E-state index in [-0.39, 0.29) is 5.56 Å². The normalized spacial score (nSPS) is 18.4. The zero-order chi connectivity index (χ0) is 24.8. The van der Waals surface area contributed by atoms with E-state index in [1.54, 1.807) is 12.1 Å². The molecule has 3 aromatic carbocycles. The highest BCUT2D eigenvalue weighted by molar-refractivity contribution is 6.59. The largest absolute Gasteiger partial charge is 0.573 e. The van der Waals surface area contributed by atoms with Gasteiger partial charge in [0, 0.05) is 14.4 Å². The highest BCUT2D eigenvalue weighted by Crippen LogP contribution is 2.40. The number of hydrogen-bond acceptors (Lipinski definition) is 1. The number of alkyl halides is 3. The van der Waals surface area contributed by atoms with Crippen LogP contribution in [0.2, 0.25) is 18.1 Å². The predicted octanol–water partition coefficient (Wildman–Crippen LogP) is 9.35. The molecule has 6 heteroatoms. The van der Waals surface area contributed by atoms with E-state index in [2.05, 4.69) is 23.8 Å². The van der Waals surface area contributed by atoms with Crippen molar-refractivity contribution < 1.29 is 22.3 Å². The predicted molar refractivity (Wildman–Crippen MR) is 137 cm³/mol. The maximum atomic E-state index is 15.1. The van der Waals surface area contributed by atoms with E-state index >= 15 is 4.39 Å². The Morgan fingerprint density at radius 1 is 0.857 bits per heavy atom. The fraction of sp³-hybridized carbons (Fsp3) is 0.379. The van der Waals surface area contributed by atoms with Gasteiger partial charge in [0.15, 0.2) is 11.6 Å². The average Bonchev–Trinajstić information content (AvgIpc) is 2.85. The van der Waals surface area contributed by atoms with Crippen molar-refractivity contribution in [3.05, 3.63) is 78.1 Å². The molecule has 1 aliphatic rings. The number of benzene rings is 3. The molecule has 0 saturated carbocycles. The van der Waals surface area contributed by atoms with E-state index in [1.165, 1.54) is 67.9 Å². The van der Waals surface area contributed by atoms with Crippen LogP contribution < -0.4 is 4.74 Å². The van der Waals surface area contributed by atoms with Crippen LogP contribution in [0.1, 0.15) is 50.5 Å². The van der Waals surface area contributed by atoms with Gasteiger partial charge in [-0.3, -0.25) is 0 Å². The fourth-order valence-electron chi connectivity index (χ4n) is 5.32. The smallest absolute Gasteiger partial charge is 0.403 e. The first-order valence-electron chi connectivity index (χ1n) is 12.6. The molecular formula is C29H32F4OSi. The van der Waals surface area contributed by atoms with Crippen LogP contribution in [0, 0.1) is 5.82 Å². The van der Waals surface area contributed by atoms with E-state index < -0.39 is 26.7 Å². The van der Waals surface area contributed by atoms with Crippen molar-refractivity contribution in [1.29, 1.82) is 0 Å². The molecule has 1 aliphatic heterocycles. The lowest BCUT2D eigenvalue weighted by atomic mass is 9.89. The van der Waals surface area contributed by atoms with Gasteiger partial charge in [-0.1, -0.05) is 105 Å². The second kappa shape index (κ2) is 11.4. The van der Waals surface area contributed by atoms with Crippen molar-refractivity contribution in [1.82, 2.24) is 0 Å². The van der Waals surface area contributed by atoms with Crippen molar-refractivity contribution in [3.8, 4) is 28.0 Å². The van der Waals surface area contributed by atoms with Crippen molar-refractivity contribution in [2.75, 3.05) is 0 Å². The maximum absolute atomic E-state index is 15.1. The standard InChI is InChI=1S/C29H32F4OSi/c1-2-3-6-17-35-18-15-21(16-19-35)22-9-7-10-23(20-22)24-11-4-5-12-25(24)26-13-8-14-27(28(26)30)34-29(31,32)33/h4-5,7-14,20-21,35H,2-3,6,15-19H2,1H3/t21-,35-. The zero-order valence-electron chi connectivity index (χ0n) is 20.1. The van der Waals surface area contributed by atoms with E-state index in [9.17, 15) is 13.2 Å². The highest BCUT2D eigenvalue weighted by Gasteiger charge is 2.33. The molecule has 35 heavy (non-hydrogen) atoms. The minimum Gasteiger partial charge on any atom is -0.403 e. The molecule has 0 aromatic heterocycles. The van der Waals surface area contributed by atoms with Gasteiger partial charge in [0.25, 0.3) is 0 Å². The second-order valence-electron chi connectivity index (χ2n) is 9.55. The molecule has 3 aromatic rings. The van der Waals surface area contributed by atoms with Gasteiger partial charge in [-0.25, -0.2) is 4.39 Å². The van der Waals surface area contributed by atoms with Crippen molar-refractivity contribution in [3.63, 3.8) is 0 Å². The molecule has 4 rings (SSSR count). The molecular weight excluding hydrogens is 468 g/mol. The lowest BCUT2D eigenvalue weighted by molar-refractivity contribution is -0.275. The Hall–Kier alpha value is -2.60. The van der Waals surface area contributed by atoms with Gasteiger partial charge in [0.2, 0.25) is 0 Å². The molecule has 1 nitrogen and oxygen atoms in total. The molecule has 0 amide bonds. The molecule has 1 heterocycles. The Labute approximate surface area is 206 Å². The van der Waals surface area contributed by atoms with Gasteiger partial charge >= 0.3 is 6.36 Å². The molecule has 0 N–H and O–H groups in total. The van der Waals surface area contributed by atoms with E-state index in [0.717, 1.165) is 17.2 Å². The number of hydrogen-bond donors (Lipinski definition) is 0. The number of rotatable bonds is 8. The van der Waals surface area contributed by atoms with Crippen molar-refractivity contribution in [2.24, 2.45) is 0 Å². The van der Waals surface area contributed by atoms with E-state index in [4.69, 9.17) is 0 Å². The molecule has 0 spiro atoms. The molecule has 1 fully saturated rings. The second-order valence-corrected chi connectivity index (χ2v) is 13.0. The third kappa shape index (κ3) is 6.54. The summed E-state index contributed by atoms with van der Waals surface area (Å²) in [6.45, 7) is 2.25. The molecule has 0 aliphatic carbocycles. The number of ether oxygens (including phenoxy) is 1. The third-order valence-electron chi connectivity index (χ3n) is 7.14. The summed E-state index contributed by atoms with van der Waals surface area (Å²) in [5.41, 5.74) is 3.67. The van der Waals surface area contributed by atoms with Gasteiger partial charge in [-0.2, -0.15) is 0 Å². The summed E-state index contributed by atoms with van der Waals surface area (Å²) < 4.78 is 57.2.